The third kappa shape index (κ3) is 3.02. The number of likely N-dealkylation sites (N-methyl/N-ethyl adjacent to an activating group) is 1. The summed E-state index contributed by atoms with van der Waals surface area (Å²) in [6, 6.07) is 1.96. The van der Waals surface area contributed by atoms with Crippen molar-refractivity contribution in [1.82, 2.24) is 24.6 Å². The van der Waals surface area contributed by atoms with Crippen LogP contribution < -0.4 is 0 Å². The van der Waals surface area contributed by atoms with E-state index in [2.05, 4.69) is 37.7 Å². The average Bonchev–Trinajstić information content (AvgIpc) is 2.94. The minimum Gasteiger partial charge on any atom is -0.336 e. The van der Waals surface area contributed by atoms with Gasteiger partial charge >= 0.3 is 0 Å². The van der Waals surface area contributed by atoms with Gasteiger partial charge in [-0.1, -0.05) is 27.7 Å². The number of hydrogen-bond donors (Lipinski definition) is 0. The summed E-state index contributed by atoms with van der Waals surface area (Å²) in [4.78, 5) is 22.2. The molecule has 1 saturated heterocycles. The first kappa shape index (κ1) is 16.9. The Bertz CT molecular complexity index is 751. The van der Waals surface area contributed by atoms with Crippen molar-refractivity contribution in [2.24, 2.45) is 7.05 Å². The van der Waals surface area contributed by atoms with Gasteiger partial charge in [0.05, 0.1) is 17.1 Å². The summed E-state index contributed by atoms with van der Waals surface area (Å²) < 4.78 is 1.75. The third-order valence-corrected chi connectivity index (χ3v) is 4.81. The molecule has 0 aromatic carbocycles. The van der Waals surface area contributed by atoms with Crippen LogP contribution in [-0.4, -0.2) is 63.2 Å². The van der Waals surface area contributed by atoms with Crippen molar-refractivity contribution in [1.29, 1.82) is 0 Å². The summed E-state index contributed by atoms with van der Waals surface area (Å²) in [7, 11) is 1.87. The minimum atomic E-state index is -0.117. The van der Waals surface area contributed by atoms with Gasteiger partial charge in [0.2, 0.25) is 0 Å². The maximum absolute atomic E-state index is 13.1. The Hall–Kier alpha value is -1.95. The second kappa shape index (κ2) is 6.16. The zero-order valence-corrected chi connectivity index (χ0v) is 15.3. The monoisotopic (exact) mass is 329 g/mol. The highest BCUT2D eigenvalue weighted by Gasteiger charge is 2.26. The molecule has 6 heteroatoms. The van der Waals surface area contributed by atoms with E-state index in [1.54, 1.807) is 10.9 Å². The smallest absolute Gasteiger partial charge is 0.254 e. The Morgan fingerprint density at radius 3 is 2.46 bits per heavy atom. The summed E-state index contributed by atoms with van der Waals surface area (Å²) in [5, 5.41) is 5.15. The van der Waals surface area contributed by atoms with Crippen molar-refractivity contribution in [3.8, 4) is 0 Å². The fourth-order valence-corrected chi connectivity index (χ4v) is 3.11. The molecule has 130 valence electrons. The van der Waals surface area contributed by atoms with Gasteiger partial charge < -0.3 is 9.80 Å². The molecule has 0 unspecified atom stereocenters. The lowest BCUT2D eigenvalue weighted by Gasteiger charge is -2.34. The summed E-state index contributed by atoms with van der Waals surface area (Å²) in [5.41, 5.74) is 2.31. The van der Waals surface area contributed by atoms with Gasteiger partial charge in [0.15, 0.2) is 5.65 Å². The second-order valence-electron chi connectivity index (χ2n) is 7.54. The van der Waals surface area contributed by atoms with Crippen LogP contribution in [0.25, 0.3) is 11.0 Å². The van der Waals surface area contributed by atoms with Crippen molar-refractivity contribution in [3.05, 3.63) is 23.5 Å². The molecule has 1 aliphatic heterocycles. The first-order valence-corrected chi connectivity index (χ1v) is 8.66. The average molecular weight is 329 g/mol. The third-order valence-electron chi connectivity index (χ3n) is 4.81. The lowest BCUT2D eigenvalue weighted by atomic mass is 9.90. The van der Waals surface area contributed by atoms with Crippen LogP contribution in [0.4, 0.5) is 0 Å². The first-order chi connectivity index (χ1) is 11.3. The van der Waals surface area contributed by atoms with Crippen LogP contribution in [0.15, 0.2) is 12.3 Å². The lowest BCUT2D eigenvalue weighted by molar-refractivity contribution is 0.0645. The molecule has 1 fully saturated rings. The van der Waals surface area contributed by atoms with E-state index >= 15 is 0 Å². The largest absolute Gasteiger partial charge is 0.336 e. The van der Waals surface area contributed by atoms with Gasteiger partial charge in [-0.05, 0) is 12.6 Å². The lowest BCUT2D eigenvalue weighted by Crippen LogP contribution is -2.48. The van der Waals surface area contributed by atoms with Crippen molar-refractivity contribution >= 4 is 16.9 Å². The highest BCUT2D eigenvalue weighted by Crippen LogP contribution is 2.27. The van der Waals surface area contributed by atoms with E-state index in [1.165, 1.54) is 0 Å². The van der Waals surface area contributed by atoms with E-state index in [0.29, 0.717) is 0 Å². The number of carbonyl (C=O) groups excluding carboxylic acids is 1. The SMILES string of the molecule is CCN1CCN(C(=O)c2cc(C(C)(C)C)nc3c2cnn3C)CC1. The van der Waals surface area contributed by atoms with Crippen molar-refractivity contribution < 1.29 is 4.79 Å². The standard InChI is InChI=1S/C18H27N5O/c1-6-22-7-9-23(10-8-22)17(24)13-11-15(18(2,3)4)20-16-14(13)12-19-21(16)5/h11-12H,6-10H2,1-5H3. The van der Waals surface area contributed by atoms with Gasteiger partial charge in [-0.3, -0.25) is 9.48 Å². The summed E-state index contributed by atoms with van der Waals surface area (Å²) >= 11 is 0. The Kier molecular flexibility index (Phi) is 4.34. The molecule has 0 radical (unpaired) electrons. The van der Waals surface area contributed by atoms with Crippen LogP contribution in [0.1, 0.15) is 43.7 Å². The molecule has 0 spiro atoms. The molecule has 2 aromatic heterocycles. The fraction of sp³-hybridized carbons (Fsp3) is 0.611. The number of piperazine rings is 1. The topological polar surface area (TPSA) is 54.3 Å². The number of pyridine rings is 1. The van der Waals surface area contributed by atoms with E-state index in [4.69, 9.17) is 4.98 Å². The fourth-order valence-electron chi connectivity index (χ4n) is 3.11. The minimum absolute atomic E-state index is 0.0941. The summed E-state index contributed by atoms with van der Waals surface area (Å²) in [6.45, 7) is 13.0. The van der Waals surface area contributed by atoms with E-state index in [9.17, 15) is 4.79 Å². The molecule has 0 aliphatic carbocycles. The summed E-state index contributed by atoms with van der Waals surface area (Å²) in [6.07, 6.45) is 1.75. The number of rotatable bonds is 2. The molecule has 2 aromatic rings. The van der Waals surface area contributed by atoms with Crippen LogP contribution in [0.3, 0.4) is 0 Å². The molecule has 6 nitrogen and oxygen atoms in total. The van der Waals surface area contributed by atoms with Crippen LogP contribution in [0.2, 0.25) is 0 Å². The molecule has 3 heterocycles. The quantitative estimate of drug-likeness (QED) is 0.846. The van der Waals surface area contributed by atoms with Gasteiger partial charge in [0, 0.05) is 44.3 Å². The number of aromatic nitrogens is 3. The van der Waals surface area contributed by atoms with Crippen molar-refractivity contribution in [3.63, 3.8) is 0 Å². The Balaban J connectivity index is 2.00. The Morgan fingerprint density at radius 2 is 1.88 bits per heavy atom. The number of nitrogens with zero attached hydrogens (tertiary/aromatic N) is 5. The number of fused-ring (bicyclic) bond motifs is 1. The van der Waals surface area contributed by atoms with Crippen LogP contribution in [0, 0.1) is 0 Å². The summed E-state index contributed by atoms with van der Waals surface area (Å²) in [5.74, 6) is 0.0941. The van der Waals surface area contributed by atoms with Gasteiger partial charge in [-0.25, -0.2) is 4.98 Å². The molecular formula is C18H27N5O. The normalized spacial score (nSPS) is 16.8. The number of amides is 1. The molecular weight excluding hydrogens is 302 g/mol. The molecule has 3 rings (SSSR count). The van der Waals surface area contributed by atoms with Gasteiger partial charge in [-0.2, -0.15) is 5.10 Å². The maximum Gasteiger partial charge on any atom is 0.254 e. The Morgan fingerprint density at radius 1 is 1.21 bits per heavy atom. The molecule has 0 bridgehead atoms. The van der Waals surface area contributed by atoms with E-state index < -0.39 is 0 Å². The zero-order valence-electron chi connectivity index (χ0n) is 15.3. The van der Waals surface area contributed by atoms with Gasteiger partial charge in [0.25, 0.3) is 5.91 Å². The highest BCUT2D eigenvalue weighted by molar-refractivity contribution is 6.05. The molecule has 0 saturated carbocycles. The van der Waals surface area contributed by atoms with Crippen LogP contribution >= 0.6 is 0 Å². The van der Waals surface area contributed by atoms with E-state index in [0.717, 1.165) is 55.0 Å². The molecule has 0 N–H and O–H groups in total. The number of carbonyl (C=O) groups is 1. The van der Waals surface area contributed by atoms with Crippen LogP contribution in [-0.2, 0) is 12.5 Å². The molecule has 0 atom stereocenters. The van der Waals surface area contributed by atoms with E-state index in [-0.39, 0.29) is 11.3 Å². The van der Waals surface area contributed by atoms with Gasteiger partial charge in [0.1, 0.15) is 0 Å². The van der Waals surface area contributed by atoms with Crippen molar-refractivity contribution in [2.75, 3.05) is 32.7 Å². The Labute approximate surface area is 143 Å². The van der Waals surface area contributed by atoms with E-state index in [1.807, 2.05) is 18.0 Å². The number of hydrogen-bond acceptors (Lipinski definition) is 4. The van der Waals surface area contributed by atoms with Crippen molar-refractivity contribution in [2.45, 2.75) is 33.1 Å². The molecule has 1 aliphatic rings. The van der Waals surface area contributed by atoms with Crippen LogP contribution in [0.5, 0.6) is 0 Å². The predicted molar refractivity (Wildman–Crippen MR) is 95.2 cm³/mol. The molecule has 24 heavy (non-hydrogen) atoms. The first-order valence-electron chi connectivity index (χ1n) is 8.66. The maximum atomic E-state index is 13.1. The second-order valence-corrected chi connectivity index (χ2v) is 7.54. The van der Waals surface area contributed by atoms with Gasteiger partial charge in [-0.15, -0.1) is 0 Å². The highest BCUT2D eigenvalue weighted by atomic mass is 16.2. The zero-order chi connectivity index (χ0) is 17.5. The number of aryl methyl sites for hydroxylation is 1. The molecule has 1 amide bonds. The predicted octanol–water partition coefficient (Wildman–Crippen LogP) is 2.04.